The Morgan fingerprint density at radius 2 is 2.06 bits per heavy atom. The van der Waals surface area contributed by atoms with Crippen LogP contribution in [0.25, 0.3) is 0 Å². The highest BCUT2D eigenvalue weighted by Crippen LogP contribution is 2.12. The molecule has 94 valence electrons. The summed E-state index contributed by atoms with van der Waals surface area (Å²) >= 11 is 0. The lowest BCUT2D eigenvalue weighted by Crippen LogP contribution is -2.42. The summed E-state index contributed by atoms with van der Waals surface area (Å²) in [6, 6.07) is 1.48. The van der Waals surface area contributed by atoms with Gasteiger partial charge in [0.05, 0.1) is 0 Å². The van der Waals surface area contributed by atoms with E-state index in [0.717, 1.165) is 25.9 Å². The van der Waals surface area contributed by atoms with Crippen molar-refractivity contribution in [3.8, 4) is 0 Å². The number of nitrogens with zero attached hydrogens (tertiary/aromatic N) is 2. The largest absolute Gasteiger partial charge is 0.330 e. The first-order chi connectivity index (χ1) is 8.22. The molecule has 5 nitrogen and oxygen atoms in total. The number of nitrogens with one attached hydrogen (secondary N) is 1. The highest BCUT2D eigenvalue weighted by molar-refractivity contribution is 4.87. The highest BCUT2D eigenvalue weighted by atomic mass is 16.2. The minimum absolute atomic E-state index is 0.182. The molecule has 1 aromatic rings. The normalized spacial score (nSPS) is 17.2. The van der Waals surface area contributed by atoms with Gasteiger partial charge >= 0.3 is 5.69 Å². The molecule has 0 amide bonds. The van der Waals surface area contributed by atoms with E-state index in [1.54, 1.807) is 10.8 Å². The van der Waals surface area contributed by atoms with Crippen molar-refractivity contribution in [3.63, 3.8) is 0 Å². The van der Waals surface area contributed by atoms with Crippen molar-refractivity contribution in [2.75, 3.05) is 13.1 Å². The third-order valence-corrected chi connectivity index (χ3v) is 3.38. The first kappa shape index (κ1) is 12.1. The second-order valence-corrected chi connectivity index (χ2v) is 4.53. The molecular weight excluding hydrogens is 218 g/mol. The predicted octanol–water partition coefficient (Wildman–Crippen LogP) is 0.0295. The van der Waals surface area contributed by atoms with Gasteiger partial charge in [0.2, 0.25) is 0 Å². The van der Waals surface area contributed by atoms with Crippen molar-refractivity contribution in [3.05, 3.63) is 33.1 Å². The first-order valence-electron chi connectivity index (χ1n) is 6.23. The fourth-order valence-corrected chi connectivity index (χ4v) is 2.29. The summed E-state index contributed by atoms with van der Waals surface area (Å²) in [5.74, 6) is 0.439. The summed E-state index contributed by atoms with van der Waals surface area (Å²) in [5, 5.41) is 3.28. The summed E-state index contributed by atoms with van der Waals surface area (Å²) in [6.07, 6.45) is 3.64. The molecule has 0 unspecified atom stereocenters. The zero-order valence-electron chi connectivity index (χ0n) is 10.2. The summed E-state index contributed by atoms with van der Waals surface area (Å²) in [7, 11) is 0. The van der Waals surface area contributed by atoms with Crippen LogP contribution in [0.4, 0.5) is 0 Å². The van der Waals surface area contributed by atoms with E-state index < -0.39 is 0 Å². The molecule has 1 saturated heterocycles. The van der Waals surface area contributed by atoms with Crippen molar-refractivity contribution < 1.29 is 0 Å². The van der Waals surface area contributed by atoms with E-state index >= 15 is 0 Å². The van der Waals surface area contributed by atoms with Crippen molar-refractivity contribution >= 4 is 0 Å². The van der Waals surface area contributed by atoms with E-state index in [2.05, 4.69) is 5.32 Å². The minimum atomic E-state index is -0.182. The lowest BCUT2D eigenvalue weighted by Gasteiger charge is -2.23. The molecule has 0 radical (unpaired) electrons. The van der Waals surface area contributed by atoms with Crippen molar-refractivity contribution in [1.82, 2.24) is 14.5 Å². The molecular formula is C12H19N3O2. The van der Waals surface area contributed by atoms with E-state index in [0.29, 0.717) is 19.0 Å². The maximum Gasteiger partial charge on any atom is 0.330 e. The van der Waals surface area contributed by atoms with Crippen LogP contribution in [0, 0.1) is 5.92 Å². The van der Waals surface area contributed by atoms with Gasteiger partial charge in [0.15, 0.2) is 0 Å². The van der Waals surface area contributed by atoms with Gasteiger partial charge in [0.1, 0.15) is 0 Å². The fraction of sp³-hybridized carbons (Fsp3) is 0.667. The molecule has 2 rings (SSSR count). The van der Waals surface area contributed by atoms with Gasteiger partial charge in [-0.25, -0.2) is 4.79 Å². The van der Waals surface area contributed by atoms with Crippen LogP contribution >= 0.6 is 0 Å². The van der Waals surface area contributed by atoms with Crippen LogP contribution in [0.1, 0.15) is 19.8 Å². The average Bonchev–Trinajstić information content (AvgIpc) is 2.36. The van der Waals surface area contributed by atoms with Gasteiger partial charge in [-0.3, -0.25) is 9.36 Å². The van der Waals surface area contributed by atoms with E-state index in [1.807, 2.05) is 6.92 Å². The zero-order chi connectivity index (χ0) is 12.3. The molecule has 2 heterocycles. The summed E-state index contributed by atoms with van der Waals surface area (Å²) in [6.45, 7) is 5.02. The predicted molar refractivity (Wildman–Crippen MR) is 66.2 cm³/mol. The Morgan fingerprint density at radius 3 is 2.71 bits per heavy atom. The molecule has 5 heteroatoms. The van der Waals surface area contributed by atoms with E-state index in [1.165, 1.54) is 10.6 Å². The summed E-state index contributed by atoms with van der Waals surface area (Å²) < 4.78 is 2.95. The van der Waals surface area contributed by atoms with Crippen molar-refractivity contribution in [2.45, 2.75) is 32.9 Å². The van der Waals surface area contributed by atoms with Gasteiger partial charge in [-0.15, -0.1) is 0 Å². The number of rotatable bonds is 3. The molecule has 0 aromatic carbocycles. The minimum Gasteiger partial charge on any atom is -0.317 e. The molecule has 0 bridgehead atoms. The highest BCUT2D eigenvalue weighted by Gasteiger charge is 2.15. The topological polar surface area (TPSA) is 56.0 Å². The maximum atomic E-state index is 12.0. The van der Waals surface area contributed by atoms with Crippen molar-refractivity contribution in [2.24, 2.45) is 5.92 Å². The van der Waals surface area contributed by atoms with E-state index in [4.69, 9.17) is 0 Å². The smallest absolute Gasteiger partial charge is 0.317 e. The van der Waals surface area contributed by atoms with Gasteiger partial charge in [0, 0.05) is 25.4 Å². The van der Waals surface area contributed by atoms with Crippen LogP contribution in [0.3, 0.4) is 0 Å². The zero-order valence-corrected chi connectivity index (χ0v) is 10.2. The molecule has 1 fully saturated rings. The Kier molecular flexibility index (Phi) is 3.78. The molecule has 1 N–H and O–H groups in total. The number of aromatic nitrogens is 2. The molecule has 17 heavy (non-hydrogen) atoms. The molecule has 1 aromatic heterocycles. The van der Waals surface area contributed by atoms with Gasteiger partial charge < -0.3 is 9.88 Å². The standard InChI is InChI=1S/C12H19N3O2/c1-2-14-8-5-11(16)15(12(14)17)9-10-3-6-13-7-4-10/h5,8,10,13H,2-4,6-7,9H2,1H3. The molecule has 0 saturated carbocycles. The van der Waals surface area contributed by atoms with Crippen LogP contribution in [0.5, 0.6) is 0 Å². The van der Waals surface area contributed by atoms with Crippen LogP contribution in [-0.4, -0.2) is 22.2 Å². The third-order valence-electron chi connectivity index (χ3n) is 3.38. The fourth-order valence-electron chi connectivity index (χ4n) is 2.29. The van der Waals surface area contributed by atoms with Crippen molar-refractivity contribution in [1.29, 1.82) is 0 Å². The monoisotopic (exact) mass is 237 g/mol. The molecule has 0 aliphatic carbocycles. The van der Waals surface area contributed by atoms with Gasteiger partial charge in [-0.2, -0.15) is 0 Å². The maximum absolute atomic E-state index is 12.0. The number of hydrogen-bond acceptors (Lipinski definition) is 3. The Bertz CT molecular complexity index is 483. The Labute approximate surface area is 100 Å². The number of aryl methyl sites for hydroxylation is 1. The lowest BCUT2D eigenvalue weighted by atomic mass is 9.98. The van der Waals surface area contributed by atoms with Crippen LogP contribution < -0.4 is 16.6 Å². The second kappa shape index (κ2) is 5.31. The van der Waals surface area contributed by atoms with E-state index in [9.17, 15) is 9.59 Å². The van der Waals surface area contributed by atoms with E-state index in [-0.39, 0.29) is 11.2 Å². The lowest BCUT2D eigenvalue weighted by molar-refractivity contribution is 0.321. The van der Waals surface area contributed by atoms with Gasteiger partial charge in [0.25, 0.3) is 5.56 Å². The summed E-state index contributed by atoms with van der Waals surface area (Å²) in [5.41, 5.74) is -0.364. The Hall–Kier alpha value is -1.36. The Morgan fingerprint density at radius 1 is 1.35 bits per heavy atom. The van der Waals surface area contributed by atoms with Crippen LogP contribution in [0.15, 0.2) is 21.9 Å². The SMILES string of the molecule is CCn1ccc(=O)n(CC2CCNCC2)c1=O. The molecule has 0 atom stereocenters. The van der Waals surface area contributed by atoms with Crippen LogP contribution in [-0.2, 0) is 13.1 Å². The van der Waals surface area contributed by atoms with Crippen LogP contribution in [0.2, 0.25) is 0 Å². The molecule has 1 aliphatic heterocycles. The number of hydrogen-bond donors (Lipinski definition) is 1. The summed E-state index contributed by atoms with van der Waals surface area (Å²) in [4.78, 5) is 23.7. The molecule has 1 aliphatic rings. The van der Waals surface area contributed by atoms with Gasteiger partial charge in [-0.05, 0) is 38.8 Å². The third kappa shape index (κ3) is 2.66. The van der Waals surface area contributed by atoms with Gasteiger partial charge in [-0.1, -0.05) is 0 Å². The Balaban J connectivity index is 2.25. The molecule has 0 spiro atoms. The second-order valence-electron chi connectivity index (χ2n) is 4.53. The quantitative estimate of drug-likeness (QED) is 0.807. The average molecular weight is 237 g/mol. The first-order valence-corrected chi connectivity index (χ1v) is 6.23. The number of piperidine rings is 1.